The lowest BCUT2D eigenvalue weighted by atomic mass is 10.3. The molecule has 6 nitrogen and oxygen atoms in total. The number of anilines is 1. The van der Waals surface area contributed by atoms with Crippen LogP contribution >= 0.6 is 0 Å². The third-order valence-corrected chi connectivity index (χ3v) is 5.47. The monoisotopic (exact) mass is 374 g/mol. The minimum atomic E-state index is -3.63. The van der Waals surface area contributed by atoms with Crippen molar-refractivity contribution >= 4 is 21.6 Å². The van der Waals surface area contributed by atoms with Crippen LogP contribution in [0.5, 0.6) is 5.75 Å². The molecule has 2 rings (SSSR count). The van der Waals surface area contributed by atoms with Crippen LogP contribution in [0, 0.1) is 0 Å². The van der Waals surface area contributed by atoms with Crippen molar-refractivity contribution in [1.82, 2.24) is 5.32 Å². The molecule has 7 heteroatoms. The van der Waals surface area contributed by atoms with Crippen LogP contribution in [-0.4, -0.2) is 34.0 Å². The molecule has 0 fully saturated rings. The van der Waals surface area contributed by atoms with E-state index in [1.165, 1.54) is 4.31 Å². The van der Waals surface area contributed by atoms with Gasteiger partial charge in [0.25, 0.3) is 15.9 Å². The number of ether oxygens (including phenoxy) is 1. The second-order valence-corrected chi connectivity index (χ2v) is 7.22. The summed E-state index contributed by atoms with van der Waals surface area (Å²) in [5.41, 5.74) is 0.528. The van der Waals surface area contributed by atoms with E-state index < -0.39 is 10.0 Å². The Balaban J connectivity index is 2.10. The molecule has 0 atom stereocenters. The number of nitrogens with zero attached hydrogens (tertiary/aromatic N) is 1. The Kier molecular flexibility index (Phi) is 6.80. The molecule has 0 unspecified atom stereocenters. The first-order valence-corrected chi connectivity index (χ1v) is 9.61. The predicted molar refractivity (Wildman–Crippen MR) is 102 cm³/mol. The van der Waals surface area contributed by atoms with Crippen molar-refractivity contribution in [3.05, 3.63) is 67.3 Å². The molecule has 138 valence electrons. The zero-order valence-corrected chi connectivity index (χ0v) is 15.4. The zero-order valence-electron chi connectivity index (χ0n) is 14.6. The molecule has 0 aliphatic rings. The van der Waals surface area contributed by atoms with Gasteiger partial charge >= 0.3 is 0 Å². The van der Waals surface area contributed by atoms with Crippen molar-refractivity contribution in [2.75, 3.05) is 24.0 Å². The van der Waals surface area contributed by atoms with Crippen molar-refractivity contribution in [1.29, 1.82) is 0 Å². The zero-order chi connectivity index (χ0) is 19.0. The fourth-order valence-electron chi connectivity index (χ4n) is 2.31. The summed E-state index contributed by atoms with van der Waals surface area (Å²) < 4.78 is 32.3. The molecule has 2 aromatic rings. The molecule has 0 spiro atoms. The van der Waals surface area contributed by atoms with Gasteiger partial charge in [-0.05, 0) is 43.3 Å². The van der Waals surface area contributed by atoms with E-state index in [1.807, 2.05) is 0 Å². The van der Waals surface area contributed by atoms with Gasteiger partial charge in [-0.2, -0.15) is 0 Å². The summed E-state index contributed by atoms with van der Waals surface area (Å²) in [5.74, 6) is 0.228. The summed E-state index contributed by atoms with van der Waals surface area (Å²) in [7, 11) is -3.63. The molecule has 1 amide bonds. The van der Waals surface area contributed by atoms with E-state index in [-0.39, 0.29) is 17.4 Å². The highest BCUT2D eigenvalue weighted by atomic mass is 32.2. The minimum Gasteiger partial charge on any atom is -0.484 e. The van der Waals surface area contributed by atoms with E-state index >= 15 is 0 Å². The minimum absolute atomic E-state index is 0.118. The summed E-state index contributed by atoms with van der Waals surface area (Å²) in [6.07, 6.45) is 1.58. The number of carbonyl (C=O) groups is 1. The molecule has 0 saturated heterocycles. The first-order valence-electron chi connectivity index (χ1n) is 8.17. The van der Waals surface area contributed by atoms with Crippen LogP contribution < -0.4 is 14.4 Å². The molecule has 0 aliphatic heterocycles. The predicted octanol–water partition coefficient (Wildman–Crippen LogP) is 2.58. The van der Waals surface area contributed by atoms with Crippen LogP contribution in [0.4, 0.5) is 5.69 Å². The van der Waals surface area contributed by atoms with E-state index in [9.17, 15) is 13.2 Å². The number of benzene rings is 2. The van der Waals surface area contributed by atoms with Gasteiger partial charge in [0.2, 0.25) is 0 Å². The number of carbonyl (C=O) groups excluding carboxylic acids is 1. The van der Waals surface area contributed by atoms with E-state index in [2.05, 4.69) is 11.9 Å². The maximum absolute atomic E-state index is 12.8. The molecule has 0 saturated carbocycles. The average molecular weight is 374 g/mol. The van der Waals surface area contributed by atoms with Crippen LogP contribution in [-0.2, 0) is 14.8 Å². The molecule has 0 aliphatic carbocycles. The normalized spacial score (nSPS) is 10.8. The molecule has 26 heavy (non-hydrogen) atoms. The number of rotatable bonds is 9. The Labute approximate surface area is 154 Å². The van der Waals surface area contributed by atoms with E-state index in [1.54, 1.807) is 67.6 Å². The van der Waals surface area contributed by atoms with Crippen molar-refractivity contribution in [3.8, 4) is 5.75 Å². The van der Waals surface area contributed by atoms with E-state index in [4.69, 9.17) is 4.74 Å². The van der Waals surface area contributed by atoms with Gasteiger partial charge in [-0.15, -0.1) is 6.58 Å². The molecule has 2 aromatic carbocycles. The van der Waals surface area contributed by atoms with Crippen molar-refractivity contribution in [2.24, 2.45) is 0 Å². The lowest BCUT2D eigenvalue weighted by Crippen LogP contribution is -2.30. The van der Waals surface area contributed by atoms with Gasteiger partial charge in [0.1, 0.15) is 5.75 Å². The third kappa shape index (κ3) is 4.86. The molecule has 0 heterocycles. The maximum atomic E-state index is 12.8. The van der Waals surface area contributed by atoms with Crippen molar-refractivity contribution < 1.29 is 17.9 Å². The largest absolute Gasteiger partial charge is 0.484 e. The number of sulfonamides is 1. The second kappa shape index (κ2) is 9.05. The Morgan fingerprint density at radius 1 is 1.15 bits per heavy atom. The van der Waals surface area contributed by atoms with Gasteiger partial charge in [0.05, 0.1) is 10.6 Å². The quantitative estimate of drug-likeness (QED) is 0.685. The summed E-state index contributed by atoms with van der Waals surface area (Å²) in [5, 5.41) is 2.61. The van der Waals surface area contributed by atoms with Crippen molar-refractivity contribution in [3.63, 3.8) is 0 Å². The van der Waals surface area contributed by atoms with Crippen LogP contribution in [0.3, 0.4) is 0 Å². The smallest absolute Gasteiger partial charge is 0.264 e. The number of hydrogen-bond acceptors (Lipinski definition) is 4. The highest BCUT2D eigenvalue weighted by Crippen LogP contribution is 2.25. The van der Waals surface area contributed by atoms with Crippen LogP contribution in [0.1, 0.15) is 6.92 Å². The van der Waals surface area contributed by atoms with Gasteiger partial charge in [-0.3, -0.25) is 9.10 Å². The summed E-state index contributed by atoms with van der Waals surface area (Å²) in [4.78, 5) is 11.8. The maximum Gasteiger partial charge on any atom is 0.264 e. The second-order valence-electron chi connectivity index (χ2n) is 5.36. The Morgan fingerprint density at radius 3 is 2.38 bits per heavy atom. The van der Waals surface area contributed by atoms with Gasteiger partial charge in [0, 0.05) is 13.1 Å². The SMILES string of the molecule is C=CCNC(=O)COc1ccc(N(CC)S(=O)(=O)c2ccccc2)cc1. The fourth-order valence-corrected chi connectivity index (χ4v) is 3.80. The fraction of sp³-hybridized carbons (Fsp3) is 0.211. The average Bonchev–Trinajstić information content (AvgIpc) is 2.66. The lowest BCUT2D eigenvalue weighted by molar-refractivity contribution is -0.122. The Bertz CT molecular complexity index is 834. The number of amides is 1. The van der Waals surface area contributed by atoms with Crippen molar-refractivity contribution in [2.45, 2.75) is 11.8 Å². The Morgan fingerprint density at radius 2 is 1.81 bits per heavy atom. The topological polar surface area (TPSA) is 75.7 Å². The molecule has 0 radical (unpaired) electrons. The highest BCUT2D eigenvalue weighted by Gasteiger charge is 2.23. The molecular weight excluding hydrogens is 352 g/mol. The van der Waals surface area contributed by atoms with Gasteiger partial charge in [-0.1, -0.05) is 24.3 Å². The van der Waals surface area contributed by atoms with Gasteiger partial charge < -0.3 is 10.1 Å². The van der Waals surface area contributed by atoms with E-state index in [0.29, 0.717) is 24.5 Å². The van der Waals surface area contributed by atoms with Crippen LogP contribution in [0.2, 0.25) is 0 Å². The highest BCUT2D eigenvalue weighted by molar-refractivity contribution is 7.92. The molecule has 0 bridgehead atoms. The molecular formula is C19H22N2O4S. The van der Waals surface area contributed by atoms with Crippen LogP contribution in [0.15, 0.2) is 72.1 Å². The summed E-state index contributed by atoms with van der Waals surface area (Å²) >= 11 is 0. The summed E-state index contributed by atoms with van der Waals surface area (Å²) in [6, 6.07) is 14.9. The first kappa shape index (κ1) is 19.5. The number of hydrogen-bond donors (Lipinski definition) is 1. The van der Waals surface area contributed by atoms with Gasteiger partial charge in [-0.25, -0.2) is 8.42 Å². The standard InChI is InChI=1S/C19H22N2O4S/c1-3-14-20-19(22)15-25-17-12-10-16(11-13-17)21(4-2)26(23,24)18-8-6-5-7-9-18/h3,5-13H,1,4,14-15H2,2H3,(H,20,22). The first-order chi connectivity index (χ1) is 12.5. The lowest BCUT2D eigenvalue weighted by Gasteiger charge is -2.23. The van der Waals surface area contributed by atoms with E-state index in [0.717, 1.165) is 0 Å². The Hall–Kier alpha value is -2.80. The molecule has 0 aromatic heterocycles. The number of nitrogens with one attached hydrogen (secondary N) is 1. The molecule has 1 N–H and O–H groups in total. The van der Waals surface area contributed by atoms with Gasteiger partial charge in [0.15, 0.2) is 6.61 Å². The van der Waals surface area contributed by atoms with Crippen LogP contribution in [0.25, 0.3) is 0 Å². The third-order valence-electron chi connectivity index (χ3n) is 3.56. The summed E-state index contributed by atoms with van der Waals surface area (Å²) in [6.45, 7) is 5.84.